The molecule has 1 atom stereocenters. The number of hydrogen-bond acceptors (Lipinski definition) is 3. The highest BCUT2D eigenvalue weighted by molar-refractivity contribution is 7.17. The second-order valence-electron chi connectivity index (χ2n) is 4.32. The van der Waals surface area contributed by atoms with Gasteiger partial charge in [0.2, 0.25) is 0 Å². The summed E-state index contributed by atoms with van der Waals surface area (Å²) in [4.78, 5) is 11.1. The molecule has 1 heterocycles. The quantitative estimate of drug-likeness (QED) is 0.841. The average Bonchev–Trinajstić information content (AvgIpc) is 2.77. The van der Waals surface area contributed by atoms with Crippen LogP contribution >= 0.6 is 11.3 Å². The standard InChI is InChI=1S/C14H17NO2S/c1-2-5-12(14(16)17)15-8-10-9-18-13-7-4-3-6-11(10)13/h3-4,6-7,9,12,15H,2,5,8H2,1H3,(H,16,17). The first-order chi connectivity index (χ1) is 8.72. The minimum absolute atomic E-state index is 0.450. The molecular weight excluding hydrogens is 246 g/mol. The lowest BCUT2D eigenvalue weighted by Crippen LogP contribution is -2.35. The summed E-state index contributed by atoms with van der Waals surface area (Å²) in [6, 6.07) is 7.75. The van der Waals surface area contributed by atoms with E-state index in [2.05, 4.69) is 22.8 Å². The number of rotatable bonds is 6. The Balaban J connectivity index is 2.07. The second-order valence-corrected chi connectivity index (χ2v) is 5.23. The third-order valence-corrected chi connectivity index (χ3v) is 3.99. The number of carboxylic acid groups (broad SMARTS) is 1. The van der Waals surface area contributed by atoms with Crippen LogP contribution in [0.1, 0.15) is 25.3 Å². The van der Waals surface area contributed by atoms with E-state index in [4.69, 9.17) is 5.11 Å². The van der Waals surface area contributed by atoms with Gasteiger partial charge in [-0.25, -0.2) is 0 Å². The zero-order valence-electron chi connectivity index (χ0n) is 10.3. The summed E-state index contributed by atoms with van der Waals surface area (Å²) < 4.78 is 1.25. The molecular formula is C14H17NO2S. The molecule has 0 radical (unpaired) electrons. The lowest BCUT2D eigenvalue weighted by molar-refractivity contribution is -0.139. The molecule has 0 spiro atoms. The van der Waals surface area contributed by atoms with Gasteiger partial charge in [0.15, 0.2) is 0 Å². The van der Waals surface area contributed by atoms with Crippen LogP contribution in [0.4, 0.5) is 0 Å². The summed E-state index contributed by atoms with van der Waals surface area (Å²) in [6.07, 6.45) is 1.53. The SMILES string of the molecule is CCCC(NCc1csc2ccccc12)C(=O)O. The van der Waals surface area contributed by atoms with Crippen molar-refractivity contribution in [2.75, 3.05) is 0 Å². The molecule has 4 heteroatoms. The first kappa shape index (κ1) is 13.1. The first-order valence-corrected chi connectivity index (χ1v) is 7.01. The largest absolute Gasteiger partial charge is 0.480 e. The van der Waals surface area contributed by atoms with E-state index in [1.165, 1.54) is 15.6 Å². The topological polar surface area (TPSA) is 49.3 Å². The third kappa shape index (κ3) is 2.89. The van der Waals surface area contributed by atoms with Gasteiger partial charge in [-0.3, -0.25) is 4.79 Å². The summed E-state index contributed by atoms with van der Waals surface area (Å²) in [5.41, 5.74) is 1.18. The Morgan fingerprint density at radius 3 is 2.94 bits per heavy atom. The van der Waals surface area contributed by atoms with Crippen molar-refractivity contribution in [3.8, 4) is 0 Å². The highest BCUT2D eigenvalue weighted by atomic mass is 32.1. The number of nitrogens with one attached hydrogen (secondary N) is 1. The maximum atomic E-state index is 11.1. The van der Waals surface area contributed by atoms with Crippen molar-refractivity contribution >= 4 is 27.4 Å². The molecule has 0 saturated carbocycles. The molecule has 1 aromatic carbocycles. The van der Waals surface area contributed by atoms with E-state index in [9.17, 15) is 4.79 Å². The van der Waals surface area contributed by atoms with Crippen LogP contribution in [0.2, 0.25) is 0 Å². The Kier molecular flexibility index (Phi) is 4.33. The van der Waals surface area contributed by atoms with Crippen molar-refractivity contribution in [1.29, 1.82) is 0 Å². The fourth-order valence-electron chi connectivity index (χ4n) is 2.00. The fraction of sp³-hybridized carbons (Fsp3) is 0.357. The first-order valence-electron chi connectivity index (χ1n) is 6.13. The lowest BCUT2D eigenvalue weighted by atomic mass is 10.1. The van der Waals surface area contributed by atoms with Crippen LogP contribution in [0, 0.1) is 0 Å². The van der Waals surface area contributed by atoms with Crippen LogP contribution < -0.4 is 5.32 Å². The van der Waals surface area contributed by atoms with Crippen molar-refractivity contribution < 1.29 is 9.90 Å². The number of benzene rings is 1. The molecule has 0 aliphatic rings. The molecule has 0 bridgehead atoms. The average molecular weight is 263 g/mol. The van der Waals surface area contributed by atoms with Gasteiger partial charge in [-0.1, -0.05) is 31.5 Å². The maximum Gasteiger partial charge on any atom is 0.320 e. The Morgan fingerprint density at radius 1 is 1.44 bits per heavy atom. The van der Waals surface area contributed by atoms with Gasteiger partial charge < -0.3 is 10.4 Å². The minimum Gasteiger partial charge on any atom is -0.480 e. The van der Waals surface area contributed by atoms with Crippen molar-refractivity contribution in [2.24, 2.45) is 0 Å². The van der Waals surface area contributed by atoms with Gasteiger partial charge in [0.1, 0.15) is 6.04 Å². The van der Waals surface area contributed by atoms with Crippen LogP contribution in [-0.4, -0.2) is 17.1 Å². The van der Waals surface area contributed by atoms with Crippen LogP contribution in [0.25, 0.3) is 10.1 Å². The van der Waals surface area contributed by atoms with Gasteiger partial charge in [-0.05, 0) is 28.8 Å². The highest BCUT2D eigenvalue weighted by Crippen LogP contribution is 2.25. The van der Waals surface area contributed by atoms with E-state index in [0.29, 0.717) is 13.0 Å². The van der Waals surface area contributed by atoms with Gasteiger partial charge in [0.25, 0.3) is 0 Å². The van der Waals surface area contributed by atoms with Crippen LogP contribution in [0.5, 0.6) is 0 Å². The Bertz CT molecular complexity index is 535. The summed E-state index contributed by atoms with van der Waals surface area (Å²) in [5, 5.41) is 15.5. The van der Waals surface area contributed by atoms with Crippen molar-refractivity contribution in [3.05, 3.63) is 35.2 Å². The van der Waals surface area contributed by atoms with Gasteiger partial charge >= 0.3 is 5.97 Å². The van der Waals surface area contributed by atoms with E-state index in [0.717, 1.165) is 6.42 Å². The van der Waals surface area contributed by atoms with Crippen LogP contribution in [0.15, 0.2) is 29.6 Å². The molecule has 3 nitrogen and oxygen atoms in total. The molecule has 1 aromatic heterocycles. The molecule has 0 amide bonds. The molecule has 18 heavy (non-hydrogen) atoms. The number of thiophene rings is 1. The van der Waals surface area contributed by atoms with E-state index in [1.807, 2.05) is 19.1 Å². The molecule has 96 valence electrons. The molecule has 0 aliphatic heterocycles. The number of aliphatic carboxylic acids is 1. The van der Waals surface area contributed by atoms with Crippen LogP contribution in [-0.2, 0) is 11.3 Å². The molecule has 0 aliphatic carbocycles. The lowest BCUT2D eigenvalue weighted by Gasteiger charge is -2.12. The zero-order valence-corrected chi connectivity index (χ0v) is 11.2. The summed E-state index contributed by atoms with van der Waals surface area (Å²) >= 11 is 1.70. The summed E-state index contributed by atoms with van der Waals surface area (Å²) in [5.74, 6) is -0.767. The minimum atomic E-state index is -0.767. The molecule has 2 aromatic rings. The summed E-state index contributed by atoms with van der Waals surface area (Å²) in [6.45, 7) is 2.61. The van der Waals surface area contributed by atoms with E-state index in [1.54, 1.807) is 11.3 Å². The Hall–Kier alpha value is -1.39. The molecule has 0 fully saturated rings. The third-order valence-electron chi connectivity index (χ3n) is 2.98. The molecule has 2 N–H and O–H groups in total. The predicted octanol–water partition coefficient (Wildman–Crippen LogP) is 3.24. The monoisotopic (exact) mass is 263 g/mol. The second kappa shape index (κ2) is 5.98. The summed E-state index contributed by atoms with van der Waals surface area (Å²) in [7, 11) is 0. The molecule has 2 rings (SSSR count). The van der Waals surface area contributed by atoms with Gasteiger partial charge in [0, 0.05) is 11.2 Å². The predicted molar refractivity (Wildman–Crippen MR) is 75.0 cm³/mol. The van der Waals surface area contributed by atoms with Gasteiger partial charge in [-0.15, -0.1) is 11.3 Å². The Morgan fingerprint density at radius 2 is 2.22 bits per heavy atom. The zero-order chi connectivity index (χ0) is 13.0. The number of fused-ring (bicyclic) bond motifs is 1. The normalized spacial score (nSPS) is 12.7. The number of carbonyl (C=O) groups is 1. The van der Waals surface area contributed by atoms with Gasteiger partial charge in [0.05, 0.1) is 0 Å². The Labute approximate surface area is 110 Å². The number of hydrogen-bond donors (Lipinski definition) is 2. The van der Waals surface area contributed by atoms with E-state index >= 15 is 0 Å². The molecule has 0 saturated heterocycles. The highest BCUT2D eigenvalue weighted by Gasteiger charge is 2.15. The fourth-order valence-corrected chi connectivity index (χ4v) is 2.97. The smallest absolute Gasteiger partial charge is 0.320 e. The number of carboxylic acids is 1. The van der Waals surface area contributed by atoms with Crippen molar-refractivity contribution in [3.63, 3.8) is 0 Å². The molecule has 1 unspecified atom stereocenters. The van der Waals surface area contributed by atoms with Crippen LogP contribution in [0.3, 0.4) is 0 Å². The maximum absolute atomic E-state index is 11.1. The van der Waals surface area contributed by atoms with E-state index in [-0.39, 0.29) is 0 Å². The van der Waals surface area contributed by atoms with E-state index < -0.39 is 12.0 Å². The van der Waals surface area contributed by atoms with Gasteiger partial charge in [-0.2, -0.15) is 0 Å². The van der Waals surface area contributed by atoms with Crippen molar-refractivity contribution in [2.45, 2.75) is 32.4 Å². The van der Waals surface area contributed by atoms with Crippen molar-refractivity contribution in [1.82, 2.24) is 5.32 Å².